The molecule has 0 aliphatic carbocycles. The molecule has 29 valence electrons. The Bertz CT molecular complexity index is 18.5. The number of hydrogen-bond acceptors (Lipinski definition) is 2. The van der Waals surface area contributed by atoms with Gasteiger partial charge in [0.25, 0.3) is 0 Å². The van der Waals surface area contributed by atoms with Crippen molar-refractivity contribution in [2.75, 3.05) is 11.7 Å². The Labute approximate surface area is 35.7 Å². The summed E-state index contributed by atoms with van der Waals surface area (Å²) in [5, 5.41) is 0. The molecule has 0 unspecified atom stereocenters. The molecule has 1 heterocycles. The lowest BCUT2D eigenvalue weighted by Crippen LogP contribution is -1.68. The molecule has 0 amide bonds. The van der Waals surface area contributed by atoms with Gasteiger partial charge in [0.2, 0.25) is 0 Å². The summed E-state index contributed by atoms with van der Waals surface area (Å²) < 4.78 is 4.78. The van der Waals surface area contributed by atoms with Crippen molar-refractivity contribution in [3.05, 3.63) is 6.61 Å². The van der Waals surface area contributed by atoms with Crippen molar-refractivity contribution in [2.24, 2.45) is 0 Å². The molecule has 1 rings (SSSR count). The maximum absolute atomic E-state index is 4.78. The van der Waals surface area contributed by atoms with E-state index in [0.717, 1.165) is 11.7 Å². The van der Waals surface area contributed by atoms with Crippen LogP contribution >= 0.6 is 11.8 Å². The third-order valence-electron chi connectivity index (χ3n) is 0.455. The summed E-state index contributed by atoms with van der Waals surface area (Å²) in [5.41, 5.74) is 0. The van der Waals surface area contributed by atoms with Crippen LogP contribution in [0.4, 0.5) is 0 Å². The van der Waals surface area contributed by atoms with Crippen LogP contribution < -0.4 is 0 Å². The molecule has 1 fully saturated rings. The predicted molar refractivity (Wildman–Crippen MR) is 22.7 cm³/mol. The van der Waals surface area contributed by atoms with Gasteiger partial charge in [0.15, 0.2) is 0 Å². The highest BCUT2D eigenvalue weighted by Crippen LogP contribution is 2.10. The van der Waals surface area contributed by atoms with E-state index in [4.69, 9.17) is 4.74 Å². The number of rotatable bonds is 0. The summed E-state index contributed by atoms with van der Waals surface area (Å²) in [7, 11) is 0. The second kappa shape index (κ2) is 1.67. The maximum Gasteiger partial charge on any atom is 0.0947 e. The molecule has 0 aromatic heterocycles. The molecule has 1 saturated heterocycles. The molecule has 2 heteroatoms. The summed E-state index contributed by atoms with van der Waals surface area (Å²) in [6, 6.07) is 0. The maximum atomic E-state index is 4.78. The van der Waals surface area contributed by atoms with Crippen LogP contribution in [0.15, 0.2) is 0 Å². The highest BCUT2D eigenvalue weighted by molar-refractivity contribution is 7.99. The molecule has 0 N–H and O–H groups in total. The largest absolute Gasteiger partial charge is 0.364 e. The smallest absolute Gasteiger partial charge is 0.0947 e. The van der Waals surface area contributed by atoms with Crippen molar-refractivity contribution in [3.8, 4) is 0 Å². The van der Waals surface area contributed by atoms with E-state index in [1.165, 1.54) is 0 Å². The minimum absolute atomic E-state index is 0.861. The summed E-state index contributed by atoms with van der Waals surface area (Å²) in [6.45, 7) is 1.82. The van der Waals surface area contributed by atoms with Gasteiger partial charge in [-0.2, -0.15) is 0 Å². The van der Waals surface area contributed by atoms with E-state index in [1.54, 1.807) is 11.8 Å². The predicted octanol–water partition coefficient (Wildman–Crippen LogP) is 0.869. The van der Waals surface area contributed by atoms with Gasteiger partial charge in [-0.05, 0) is 0 Å². The lowest BCUT2D eigenvalue weighted by Gasteiger charge is -1.74. The van der Waals surface area contributed by atoms with E-state index < -0.39 is 0 Å². The Morgan fingerprint density at radius 1 is 1.80 bits per heavy atom. The Kier molecular flexibility index (Phi) is 1.17. The molecule has 0 aromatic rings. The van der Waals surface area contributed by atoms with Crippen molar-refractivity contribution in [3.63, 3.8) is 0 Å². The lowest BCUT2D eigenvalue weighted by atomic mass is 10.9. The molecule has 0 spiro atoms. The molecule has 0 atom stereocenters. The molecular weight excluding hydrogens is 84.1 g/mol. The van der Waals surface area contributed by atoms with E-state index in [9.17, 15) is 0 Å². The van der Waals surface area contributed by atoms with Gasteiger partial charge in [-0.15, -0.1) is 11.8 Å². The first kappa shape index (κ1) is 3.50. The van der Waals surface area contributed by atoms with Gasteiger partial charge < -0.3 is 4.74 Å². The van der Waals surface area contributed by atoms with E-state index in [-0.39, 0.29) is 0 Å². The van der Waals surface area contributed by atoms with Crippen LogP contribution in [0.2, 0.25) is 0 Å². The molecule has 0 bridgehead atoms. The van der Waals surface area contributed by atoms with Crippen molar-refractivity contribution >= 4 is 11.8 Å². The monoisotopic (exact) mass is 89.0 g/mol. The van der Waals surface area contributed by atoms with Gasteiger partial charge >= 0.3 is 0 Å². The first-order chi connectivity index (χ1) is 2.50. The molecule has 1 nitrogen and oxygen atoms in total. The molecule has 0 saturated carbocycles. The highest BCUT2D eigenvalue weighted by Gasteiger charge is 1.96. The summed E-state index contributed by atoms with van der Waals surface area (Å²) in [4.78, 5) is 0. The standard InChI is InChI=1S/C3H5OS/c1-2-5-3-4-1/h1H,2-3H2. The van der Waals surface area contributed by atoms with E-state index in [2.05, 4.69) is 0 Å². The van der Waals surface area contributed by atoms with Crippen molar-refractivity contribution in [2.45, 2.75) is 0 Å². The Balaban J connectivity index is 2.08. The lowest BCUT2D eigenvalue weighted by molar-refractivity contribution is 0.281. The fourth-order valence-corrected chi connectivity index (χ4v) is 0.722. The van der Waals surface area contributed by atoms with Crippen LogP contribution in [0.25, 0.3) is 0 Å². The molecule has 1 aliphatic heterocycles. The van der Waals surface area contributed by atoms with Crippen LogP contribution in [0.3, 0.4) is 0 Å². The van der Waals surface area contributed by atoms with Gasteiger partial charge in [-0.25, -0.2) is 0 Å². The second-order valence-electron chi connectivity index (χ2n) is 0.822. The molecule has 1 radical (unpaired) electrons. The highest BCUT2D eigenvalue weighted by atomic mass is 32.2. The van der Waals surface area contributed by atoms with E-state index in [0.29, 0.717) is 0 Å². The Hall–Kier alpha value is 0.310. The van der Waals surface area contributed by atoms with Crippen LogP contribution in [0.1, 0.15) is 0 Å². The first-order valence-corrected chi connectivity index (χ1v) is 2.66. The van der Waals surface area contributed by atoms with Crippen LogP contribution in [0.5, 0.6) is 0 Å². The zero-order chi connectivity index (χ0) is 3.54. The Morgan fingerprint density at radius 2 is 2.80 bits per heavy atom. The minimum Gasteiger partial charge on any atom is -0.364 e. The molecule has 5 heavy (non-hydrogen) atoms. The number of ether oxygens (including phenoxy) is 1. The number of hydrogen-bond donors (Lipinski definition) is 0. The Morgan fingerprint density at radius 3 is 3.00 bits per heavy atom. The summed E-state index contributed by atoms with van der Waals surface area (Å²) in [6.07, 6.45) is 0. The summed E-state index contributed by atoms with van der Waals surface area (Å²) in [5.74, 6) is 1.93. The van der Waals surface area contributed by atoms with Gasteiger partial charge in [0.05, 0.1) is 12.5 Å². The van der Waals surface area contributed by atoms with Gasteiger partial charge in [-0.3, -0.25) is 0 Å². The van der Waals surface area contributed by atoms with Crippen molar-refractivity contribution in [1.82, 2.24) is 0 Å². The third kappa shape index (κ3) is 0.816. The normalized spacial score (nSPS) is 24.0. The zero-order valence-electron chi connectivity index (χ0n) is 2.81. The fourth-order valence-electron chi connectivity index (χ4n) is 0.241. The van der Waals surface area contributed by atoms with Gasteiger partial charge in [0.1, 0.15) is 0 Å². The second-order valence-corrected chi connectivity index (χ2v) is 1.80. The summed E-state index contributed by atoms with van der Waals surface area (Å²) >= 11 is 1.80. The number of thioether (sulfide) groups is 1. The average molecular weight is 89.1 g/mol. The van der Waals surface area contributed by atoms with Crippen LogP contribution in [0, 0.1) is 6.61 Å². The zero-order valence-corrected chi connectivity index (χ0v) is 3.62. The minimum atomic E-state index is 0.861. The molecular formula is C3H5OS. The fraction of sp³-hybridized carbons (Fsp3) is 0.667. The average Bonchev–Trinajstić information content (AvgIpc) is 1.76. The van der Waals surface area contributed by atoms with E-state index >= 15 is 0 Å². The van der Waals surface area contributed by atoms with Gasteiger partial charge in [0, 0.05) is 5.75 Å². The van der Waals surface area contributed by atoms with Crippen LogP contribution in [-0.2, 0) is 4.74 Å². The SMILES string of the molecule is [CH]1CSCO1. The van der Waals surface area contributed by atoms with Gasteiger partial charge in [-0.1, -0.05) is 0 Å². The topological polar surface area (TPSA) is 9.23 Å². The van der Waals surface area contributed by atoms with E-state index in [1.807, 2.05) is 6.61 Å². The van der Waals surface area contributed by atoms with Crippen molar-refractivity contribution < 1.29 is 4.74 Å². The van der Waals surface area contributed by atoms with Crippen LogP contribution in [-0.4, -0.2) is 11.7 Å². The first-order valence-electron chi connectivity index (χ1n) is 1.51. The molecule has 0 aromatic carbocycles. The molecule has 1 aliphatic rings. The third-order valence-corrected chi connectivity index (χ3v) is 1.13. The van der Waals surface area contributed by atoms with Crippen molar-refractivity contribution in [1.29, 1.82) is 0 Å². The quantitative estimate of drug-likeness (QED) is 0.435.